The molecule has 0 saturated heterocycles. The van der Waals surface area contributed by atoms with Crippen molar-refractivity contribution in [1.82, 2.24) is 10.6 Å². The van der Waals surface area contributed by atoms with Crippen LogP contribution in [0.15, 0.2) is 35.5 Å². The quantitative estimate of drug-likeness (QED) is 0.335. The summed E-state index contributed by atoms with van der Waals surface area (Å²) in [7, 11) is 0. The van der Waals surface area contributed by atoms with Gasteiger partial charge < -0.3 is 20.1 Å². The van der Waals surface area contributed by atoms with Crippen LogP contribution in [0.2, 0.25) is 0 Å². The number of non-ortho nitro benzene ring substituents is 1. The zero-order valence-electron chi connectivity index (χ0n) is 13.9. The highest BCUT2D eigenvalue weighted by Gasteiger charge is 2.32. The second-order valence-corrected chi connectivity index (χ2v) is 5.26. The molecule has 0 saturated carbocycles. The summed E-state index contributed by atoms with van der Waals surface area (Å²) in [6.07, 6.45) is 0. The third-order valence-corrected chi connectivity index (χ3v) is 3.57. The van der Waals surface area contributed by atoms with E-state index in [1.54, 1.807) is 13.0 Å². The van der Waals surface area contributed by atoms with Gasteiger partial charge in [0.25, 0.3) is 5.69 Å². The Morgan fingerprint density at radius 3 is 2.80 bits per heavy atom. The fourth-order valence-electron chi connectivity index (χ4n) is 2.45. The van der Waals surface area contributed by atoms with Crippen LogP contribution in [-0.2, 0) is 14.3 Å². The van der Waals surface area contributed by atoms with E-state index in [1.165, 1.54) is 18.2 Å². The molecule has 0 unspecified atom stereocenters. The van der Waals surface area contributed by atoms with Gasteiger partial charge >= 0.3 is 12.0 Å². The number of esters is 1. The lowest BCUT2D eigenvalue weighted by atomic mass is 9.95. The fraction of sp³-hybridized carbons (Fsp3) is 0.375. The van der Waals surface area contributed by atoms with E-state index in [-0.39, 0.29) is 24.5 Å². The first-order valence-corrected chi connectivity index (χ1v) is 7.71. The lowest BCUT2D eigenvalue weighted by Gasteiger charge is -2.28. The zero-order valence-corrected chi connectivity index (χ0v) is 13.9. The van der Waals surface area contributed by atoms with Crippen LogP contribution in [0.5, 0.6) is 0 Å². The Labute approximate surface area is 144 Å². The molecule has 9 nitrogen and oxygen atoms in total. The number of allylic oxidation sites excluding steroid dienone is 1. The molecule has 9 heteroatoms. The topological polar surface area (TPSA) is 120 Å². The molecule has 25 heavy (non-hydrogen) atoms. The second-order valence-electron chi connectivity index (χ2n) is 5.26. The maximum atomic E-state index is 12.4. The summed E-state index contributed by atoms with van der Waals surface area (Å²) < 4.78 is 10.3. The van der Waals surface area contributed by atoms with Crippen LogP contribution in [-0.4, -0.2) is 36.7 Å². The molecule has 0 aromatic heterocycles. The predicted octanol–water partition coefficient (Wildman–Crippen LogP) is 1.80. The van der Waals surface area contributed by atoms with E-state index >= 15 is 0 Å². The van der Waals surface area contributed by atoms with Gasteiger partial charge in [0.2, 0.25) is 0 Å². The number of hydrogen-bond acceptors (Lipinski definition) is 6. The van der Waals surface area contributed by atoms with Crippen molar-refractivity contribution in [3.05, 3.63) is 51.2 Å². The second kappa shape index (κ2) is 8.25. The number of nitro groups is 1. The molecule has 1 atom stereocenters. The summed E-state index contributed by atoms with van der Waals surface area (Å²) in [6.45, 7) is 4.23. The zero-order chi connectivity index (χ0) is 18.4. The van der Waals surface area contributed by atoms with Gasteiger partial charge in [-0.2, -0.15) is 0 Å². The third-order valence-electron chi connectivity index (χ3n) is 3.57. The lowest BCUT2D eigenvalue weighted by Crippen LogP contribution is -2.45. The third kappa shape index (κ3) is 4.54. The fourth-order valence-corrected chi connectivity index (χ4v) is 2.45. The summed E-state index contributed by atoms with van der Waals surface area (Å²) in [5.74, 6) is -0.624. The molecule has 1 aromatic carbocycles. The first-order chi connectivity index (χ1) is 11.9. The standard InChI is InChI=1S/C16H19N3O6/c1-3-24-7-8-25-15(20)13-10(2)17-16(21)18-14(13)11-5-4-6-12(9-11)19(22)23/h4-6,9,14H,3,7-8H2,1-2H3,(H2,17,18,21)/t14-/m0/s1. The number of carbonyl (C=O) groups is 2. The number of rotatable bonds is 7. The first-order valence-electron chi connectivity index (χ1n) is 7.71. The van der Waals surface area contributed by atoms with E-state index in [2.05, 4.69) is 10.6 Å². The van der Waals surface area contributed by atoms with Gasteiger partial charge in [0.1, 0.15) is 6.61 Å². The molecule has 1 aliphatic heterocycles. The van der Waals surface area contributed by atoms with Crippen LogP contribution in [0.25, 0.3) is 0 Å². The molecular weight excluding hydrogens is 330 g/mol. The molecule has 1 aliphatic rings. The molecule has 0 spiro atoms. The number of nitrogens with one attached hydrogen (secondary N) is 2. The minimum absolute atomic E-state index is 0.0685. The van der Waals surface area contributed by atoms with Crippen molar-refractivity contribution in [3.8, 4) is 0 Å². The number of ether oxygens (including phenoxy) is 2. The highest BCUT2D eigenvalue weighted by atomic mass is 16.6. The molecule has 0 radical (unpaired) electrons. The molecule has 2 amide bonds. The van der Waals surface area contributed by atoms with Crippen molar-refractivity contribution < 1.29 is 24.0 Å². The minimum atomic E-state index is -0.840. The number of benzene rings is 1. The summed E-state index contributed by atoms with van der Waals surface area (Å²) in [6, 6.07) is 4.41. The van der Waals surface area contributed by atoms with Crippen molar-refractivity contribution >= 4 is 17.7 Å². The molecule has 2 rings (SSSR count). The molecule has 0 fully saturated rings. The Kier molecular flexibility index (Phi) is 6.07. The van der Waals surface area contributed by atoms with Gasteiger partial charge in [-0.1, -0.05) is 12.1 Å². The van der Waals surface area contributed by atoms with Gasteiger partial charge in [-0.05, 0) is 19.4 Å². The van der Waals surface area contributed by atoms with Gasteiger partial charge in [-0.15, -0.1) is 0 Å². The summed E-state index contributed by atoms with van der Waals surface area (Å²) in [4.78, 5) is 34.6. The van der Waals surface area contributed by atoms with Crippen LogP contribution >= 0.6 is 0 Å². The molecule has 1 aromatic rings. The average molecular weight is 349 g/mol. The Balaban J connectivity index is 2.29. The normalized spacial score (nSPS) is 16.9. The number of urea groups is 1. The SMILES string of the molecule is CCOCCOC(=O)C1=C(C)NC(=O)N[C@H]1c1cccc([N+](=O)[O-])c1. The summed E-state index contributed by atoms with van der Waals surface area (Å²) in [5, 5.41) is 16.1. The summed E-state index contributed by atoms with van der Waals surface area (Å²) >= 11 is 0. The molecule has 134 valence electrons. The van der Waals surface area contributed by atoms with Crippen molar-refractivity contribution in [2.75, 3.05) is 19.8 Å². The van der Waals surface area contributed by atoms with E-state index in [9.17, 15) is 19.7 Å². The molecule has 2 N–H and O–H groups in total. The minimum Gasteiger partial charge on any atom is -0.460 e. The molecule has 1 heterocycles. The van der Waals surface area contributed by atoms with E-state index in [0.29, 0.717) is 17.9 Å². The largest absolute Gasteiger partial charge is 0.460 e. The van der Waals surface area contributed by atoms with Gasteiger partial charge in [0, 0.05) is 24.4 Å². The van der Waals surface area contributed by atoms with Gasteiger partial charge in [0.15, 0.2) is 0 Å². The molecule has 0 aliphatic carbocycles. The van der Waals surface area contributed by atoms with Gasteiger partial charge in [-0.25, -0.2) is 9.59 Å². The van der Waals surface area contributed by atoms with Crippen LogP contribution < -0.4 is 10.6 Å². The Morgan fingerprint density at radius 1 is 1.36 bits per heavy atom. The van der Waals surface area contributed by atoms with Crippen LogP contribution in [0.1, 0.15) is 25.5 Å². The summed E-state index contributed by atoms with van der Waals surface area (Å²) in [5.41, 5.74) is 0.811. The van der Waals surface area contributed by atoms with E-state index < -0.39 is 23.0 Å². The number of nitrogens with zero attached hydrogens (tertiary/aromatic N) is 1. The highest BCUT2D eigenvalue weighted by Crippen LogP contribution is 2.29. The van der Waals surface area contributed by atoms with Crippen molar-refractivity contribution in [1.29, 1.82) is 0 Å². The average Bonchev–Trinajstić information content (AvgIpc) is 2.58. The molecule has 0 bridgehead atoms. The van der Waals surface area contributed by atoms with Crippen molar-refractivity contribution in [2.45, 2.75) is 19.9 Å². The maximum absolute atomic E-state index is 12.4. The maximum Gasteiger partial charge on any atom is 0.338 e. The molecular formula is C16H19N3O6. The van der Waals surface area contributed by atoms with Crippen molar-refractivity contribution in [3.63, 3.8) is 0 Å². The number of hydrogen-bond donors (Lipinski definition) is 2. The van der Waals surface area contributed by atoms with Gasteiger partial charge in [0.05, 0.1) is 23.1 Å². The Bertz CT molecular complexity index is 716. The van der Waals surface area contributed by atoms with Crippen LogP contribution in [0, 0.1) is 10.1 Å². The Morgan fingerprint density at radius 2 is 2.12 bits per heavy atom. The van der Waals surface area contributed by atoms with Gasteiger partial charge in [-0.3, -0.25) is 10.1 Å². The number of amides is 2. The lowest BCUT2D eigenvalue weighted by molar-refractivity contribution is -0.384. The van der Waals surface area contributed by atoms with E-state index in [1.807, 2.05) is 6.92 Å². The number of carbonyl (C=O) groups excluding carboxylic acids is 2. The van der Waals surface area contributed by atoms with Crippen LogP contribution in [0.3, 0.4) is 0 Å². The highest BCUT2D eigenvalue weighted by molar-refractivity contribution is 5.95. The van der Waals surface area contributed by atoms with Crippen LogP contribution in [0.4, 0.5) is 10.5 Å². The number of nitro benzene ring substituents is 1. The Hall–Kier alpha value is -2.94. The predicted molar refractivity (Wildman–Crippen MR) is 87.7 cm³/mol. The monoisotopic (exact) mass is 349 g/mol. The van der Waals surface area contributed by atoms with E-state index in [4.69, 9.17) is 9.47 Å². The first kappa shape index (κ1) is 18.4. The smallest absolute Gasteiger partial charge is 0.338 e. The van der Waals surface area contributed by atoms with Crippen molar-refractivity contribution in [2.24, 2.45) is 0 Å². The van der Waals surface area contributed by atoms with E-state index in [0.717, 1.165) is 0 Å².